The first kappa shape index (κ1) is 21.8. The lowest BCUT2D eigenvalue weighted by Crippen LogP contribution is -2.43. The van der Waals surface area contributed by atoms with E-state index >= 15 is 0 Å². The zero-order chi connectivity index (χ0) is 21.4. The van der Waals surface area contributed by atoms with Gasteiger partial charge in [-0.2, -0.15) is 0 Å². The van der Waals surface area contributed by atoms with Crippen molar-refractivity contribution >= 4 is 38.8 Å². The van der Waals surface area contributed by atoms with Gasteiger partial charge in [-0.15, -0.1) is 0 Å². The lowest BCUT2D eigenvalue weighted by Gasteiger charge is -2.22. The van der Waals surface area contributed by atoms with E-state index in [1.165, 1.54) is 21.9 Å². The van der Waals surface area contributed by atoms with Gasteiger partial charge in [0.2, 0.25) is 21.8 Å². The molecule has 10 heteroatoms. The first-order chi connectivity index (χ1) is 13.5. The zero-order valence-corrected chi connectivity index (χ0v) is 18.3. The van der Waals surface area contributed by atoms with Crippen LogP contribution in [0.3, 0.4) is 0 Å². The molecule has 1 aromatic carbocycles. The highest BCUT2D eigenvalue weighted by Crippen LogP contribution is 2.26. The molecule has 0 bridgehead atoms. The van der Waals surface area contributed by atoms with Gasteiger partial charge in [-0.25, -0.2) is 13.1 Å². The molecular weight excluding hydrogens is 414 g/mol. The number of hydrogen-bond donors (Lipinski definition) is 1. The lowest BCUT2D eigenvalue weighted by atomic mass is 9.87. The fourth-order valence-corrected chi connectivity index (χ4v) is 5.13. The number of imide groups is 1. The molecule has 2 aliphatic heterocycles. The van der Waals surface area contributed by atoms with E-state index in [1.807, 2.05) is 20.8 Å². The van der Waals surface area contributed by atoms with Gasteiger partial charge in [-0.05, 0) is 29.5 Å². The molecule has 1 aromatic rings. The number of rotatable bonds is 5. The molecule has 1 unspecified atom stereocenters. The van der Waals surface area contributed by atoms with Crippen molar-refractivity contribution in [3.63, 3.8) is 0 Å². The topological polar surface area (TPSA) is 104 Å². The minimum Gasteiger partial charge on any atom is -0.339 e. The fourth-order valence-electron chi connectivity index (χ4n) is 3.38. The van der Waals surface area contributed by atoms with E-state index in [0.29, 0.717) is 13.0 Å². The van der Waals surface area contributed by atoms with Gasteiger partial charge in [0.1, 0.15) is 0 Å². The molecule has 1 atom stereocenters. The summed E-state index contributed by atoms with van der Waals surface area (Å²) in [4.78, 5) is 38.9. The van der Waals surface area contributed by atoms with Crippen LogP contribution in [-0.4, -0.2) is 66.7 Å². The maximum absolute atomic E-state index is 12.5. The molecule has 0 saturated carbocycles. The Kier molecular flexibility index (Phi) is 6.07. The maximum Gasteiger partial charge on any atom is 0.289 e. The molecule has 2 fully saturated rings. The van der Waals surface area contributed by atoms with Gasteiger partial charge in [-0.3, -0.25) is 19.3 Å². The Bertz CT molecular complexity index is 906. The summed E-state index contributed by atoms with van der Waals surface area (Å²) in [5, 5.41) is -0.284. The van der Waals surface area contributed by atoms with E-state index in [-0.39, 0.29) is 52.2 Å². The van der Waals surface area contributed by atoms with Gasteiger partial charge in [0.05, 0.1) is 23.2 Å². The molecule has 8 nitrogen and oxygen atoms in total. The van der Waals surface area contributed by atoms with Crippen molar-refractivity contribution in [3.05, 3.63) is 29.8 Å². The minimum absolute atomic E-state index is 0.0887. The van der Waals surface area contributed by atoms with E-state index in [2.05, 4.69) is 4.72 Å². The number of thioether (sulfide) groups is 1. The summed E-state index contributed by atoms with van der Waals surface area (Å²) in [7, 11) is -3.81. The van der Waals surface area contributed by atoms with Gasteiger partial charge in [0.15, 0.2) is 0 Å². The first-order valence-corrected chi connectivity index (χ1v) is 11.8. The molecule has 158 valence electrons. The van der Waals surface area contributed by atoms with Crippen molar-refractivity contribution in [1.82, 2.24) is 14.5 Å². The summed E-state index contributed by atoms with van der Waals surface area (Å²) >= 11 is 0.966. The molecule has 3 rings (SSSR count). The van der Waals surface area contributed by atoms with Gasteiger partial charge >= 0.3 is 0 Å². The highest BCUT2D eigenvalue weighted by molar-refractivity contribution is 8.14. The van der Waals surface area contributed by atoms with Crippen LogP contribution >= 0.6 is 11.8 Å². The quantitative estimate of drug-likeness (QED) is 0.747. The van der Waals surface area contributed by atoms with Crippen LogP contribution in [0.2, 0.25) is 0 Å². The van der Waals surface area contributed by atoms with Crippen molar-refractivity contribution in [2.75, 3.05) is 25.4 Å². The number of likely N-dealkylation sites (tertiary alicyclic amines) is 1. The van der Waals surface area contributed by atoms with Crippen molar-refractivity contribution in [2.24, 2.45) is 0 Å². The molecule has 0 aromatic heterocycles. The summed E-state index contributed by atoms with van der Waals surface area (Å²) < 4.78 is 27.3. The molecule has 0 radical (unpaired) electrons. The number of carbonyl (C=O) groups is 3. The summed E-state index contributed by atoms with van der Waals surface area (Å²) in [6.07, 6.45) is 0.505. The second-order valence-corrected chi connectivity index (χ2v) is 10.9. The standard InChI is InChI=1S/C19H25N3O5S2/c1-19(2,3)13-4-6-15(7-5-13)29(26,27)20-10-16(23)21-9-8-14(11-21)22-17(24)12-28-18(22)25/h4-7,14,20H,8-12H2,1-3H3. The van der Waals surface area contributed by atoms with Crippen LogP contribution in [-0.2, 0) is 25.0 Å². The Morgan fingerprint density at radius 3 is 2.41 bits per heavy atom. The monoisotopic (exact) mass is 439 g/mol. The van der Waals surface area contributed by atoms with E-state index < -0.39 is 10.0 Å². The number of amides is 3. The minimum atomic E-state index is -3.81. The second kappa shape index (κ2) is 8.08. The average Bonchev–Trinajstić information content (AvgIpc) is 3.25. The average molecular weight is 440 g/mol. The molecular formula is C19H25N3O5S2. The van der Waals surface area contributed by atoms with Gasteiger partial charge < -0.3 is 4.90 Å². The van der Waals surface area contributed by atoms with Crippen molar-refractivity contribution in [3.8, 4) is 0 Å². The maximum atomic E-state index is 12.5. The molecule has 2 aliphatic rings. The lowest BCUT2D eigenvalue weighted by molar-refractivity contribution is -0.130. The Morgan fingerprint density at radius 2 is 1.86 bits per heavy atom. The zero-order valence-electron chi connectivity index (χ0n) is 16.7. The van der Waals surface area contributed by atoms with Gasteiger partial charge in [-0.1, -0.05) is 44.7 Å². The number of nitrogens with zero attached hydrogens (tertiary/aromatic N) is 2. The highest BCUT2D eigenvalue weighted by Gasteiger charge is 2.40. The molecule has 29 heavy (non-hydrogen) atoms. The van der Waals surface area contributed by atoms with Crippen LogP contribution in [0.25, 0.3) is 0 Å². The molecule has 3 amide bonds. The molecule has 0 aliphatic carbocycles. The van der Waals surface area contributed by atoms with E-state index in [4.69, 9.17) is 0 Å². The fraction of sp³-hybridized carbons (Fsp3) is 0.526. The second-order valence-electron chi connectivity index (χ2n) is 8.20. The van der Waals surface area contributed by atoms with Crippen molar-refractivity contribution < 1.29 is 22.8 Å². The summed E-state index contributed by atoms with van der Waals surface area (Å²) in [5.74, 6) is -0.482. The Labute approximate surface area is 175 Å². The van der Waals surface area contributed by atoms with Crippen molar-refractivity contribution in [2.45, 2.75) is 43.5 Å². The SMILES string of the molecule is CC(C)(C)c1ccc(S(=O)(=O)NCC(=O)N2CCC(N3C(=O)CSC3=O)C2)cc1. The number of hydrogen-bond acceptors (Lipinski definition) is 6. The summed E-state index contributed by atoms with van der Waals surface area (Å²) in [5.41, 5.74) is 0.925. The van der Waals surface area contributed by atoms with Crippen molar-refractivity contribution in [1.29, 1.82) is 0 Å². The van der Waals surface area contributed by atoms with Crippen LogP contribution in [0, 0.1) is 0 Å². The molecule has 0 spiro atoms. The van der Waals surface area contributed by atoms with Crippen LogP contribution in [0.5, 0.6) is 0 Å². The van der Waals surface area contributed by atoms with Crippen LogP contribution in [0.1, 0.15) is 32.8 Å². The summed E-state index contributed by atoms with van der Waals surface area (Å²) in [6.45, 7) is 6.37. The third-order valence-corrected chi connectivity index (χ3v) is 7.36. The highest BCUT2D eigenvalue weighted by atomic mass is 32.2. The normalized spacial score (nSPS) is 20.6. The summed E-state index contributed by atoms with van der Waals surface area (Å²) in [6, 6.07) is 6.26. The molecule has 2 saturated heterocycles. The number of sulfonamides is 1. The van der Waals surface area contributed by atoms with E-state index in [1.54, 1.807) is 12.1 Å². The molecule has 1 N–H and O–H groups in total. The van der Waals surface area contributed by atoms with E-state index in [0.717, 1.165) is 17.3 Å². The predicted molar refractivity (Wildman–Crippen MR) is 110 cm³/mol. The Balaban J connectivity index is 1.57. The Hall–Kier alpha value is -1.91. The predicted octanol–water partition coefficient (Wildman–Crippen LogP) is 1.56. The molecule has 2 heterocycles. The third kappa shape index (κ3) is 4.81. The van der Waals surface area contributed by atoms with Crippen LogP contribution in [0.15, 0.2) is 29.2 Å². The number of nitrogens with one attached hydrogen (secondary N) is 1. The number of benzene rings is 1. The van der Waals surface area contributed by atoms with Gasteiger partial charge in [0.25, 0.3) is 5.24 Å². The first-order valence-electron chi connectivity index (χ1n) is 9.36. The number of carbonyl (C=O) groups excluding carboxylic acids is 3. The Morgan fingerprint density at radius 1 is 1.21 bits per heavy atom. The van der Waals surface area contributed by atoms with Gasteiger partial charge in [0, 0.05) is 13.1 Å². The van der Waals surface area contributed by atoms with Crippen LogP contribution < -0.4 is 4.72 Å². The smallest absolute Gasteiger partial charge is 0.289 e. The van der Waals surface area contributed by atoms with Crippen LogP contribution in [0.4, 0.5) is 4.79 Å². The van der Waals surface area contributed by atoms with E-state index in [9.17, 15) is 22.8 Å². The largest absolute Gasteiger partial charge is 0.339 e. The third-order valence-electron chi connectivity index (χ3n) is 5.11.